The molecule has 0 spiro atoms. The summed E-state index contributed by atoms with van der Waals surface area (Å²) in [5.41, 5.74) is 2.33. The minimum Gasteiger partial charge on any atom is -0.480 e. The summed E-state index contributed by atoms with van der Waals surface area (Å²) in [6.07, 6.45) is 3.60. The maximum Gasteiger partial charge on any atom is 0.261 e. The third kappa shape index (κ3) is 4.74. The molecule has 1 unspecified atom stereocenters. The van der Waals surface area contributed by atoms with E-state index in [0.29, 0.717) is 0 Å². The molecule has 0 aliphatic carbocycles. The number of hydrogen-bond acceptors (Lipinski definition) is 3. The van der Waals surface area contributed by atoms with Crippen molar-refractivity contribution in [2.75, 3.05) is 13.1 Å². The third-order valence-electron chi connectivity index (χ3n) is 3.71. The van der Waals surface area contributed by atoms with Crippen LogP contribution >= 0.6 is 0 Å². The van der Waals surface area contributed by atoms with Crippen molar-refractivity contribution in [2.24, 2.45) is 0 Å². The summed E-state index contributed by atoms with van der Waals surface area (Å²) in [5, 5.41) is 6.32. The lowest BCUT2D eigenvalue weighted by molar-refractivity contribution is -0.127. The molecule has 1 aliphatic rings. The normalized spacial score (nSPS) is 19.0. The van der Waals surface area contributed by atoms with Gasteiger partial charge in [-0.2, -0.15) is 0 Å². The van der Waals surface area contributed by atoms with Crippen molar-refractivity contribution in [1.82, 2.24) is 10.6 Å². The van der Waals surface area contributed by atoms with Crippen LogP contribution in [0.3, 0.4) is 0 Å². The lowest BCUT2D eigenvalue weighted by Crippen LogP contribution is -2.36. The molecule has 1 saturated heterocycles. The van der Waals surface area contributed by atoms with E-state index < -0.39 is 0 Å². The predicted octanol–water partition coefficient (Wildman–Crippen LogP) is 2.54. The Kier molecular flexibility index (Phi) is 6.05. The molecule has 4 heteroatoms. The smallest absolute Gasteiger partial charge is 0.261 e. The van der Waals surface area contributed by atoms with Gasteiger partial charge in [-0.1, -0.05) is 24.6 Å². The topological polar surface area (TPSA) is 50.4 Å². The number of rotatable bonds is 6. The number of carbonyl (C=O) groups is 1. The van der Waals surface area contributed by atoms with Gasteiger partial charge in [0.15, 0.2) is 6.10 Å². The second-order valence-corrected chi connectivity index (χ2v) is 5.68. The molecule has 1 atom stereocenters. The maximum atomic E-state index is 12.0. The van der Waals surface area contributed by atoms with E-state index >= 15 is 0 Å². The lowest BCUT2D eigenvalue weighted by atomic mass is 10.1. The molecule has 1 fully saturated rings. The SMILES string of the molecule is CCCNCc1cc(C)ccc1OC1CCCCNC1=O. The summed E-state index contributed by atoms with van der Waals surface area (Å²) < 4.78 is 6.01. The summed E-state index contributed by atoms with van der Waals surface area (Å²) >= 11 is 0. The van der Waals surface area contributed by atoms with Gasteiger partial charge < -0.3 is 15.4 Å². The van der Waals surface area contributed by atoms with Crippen LogP contribution in [0.5, 0.6) is 5.75 Å². The van der Waals surface area contributed by atoms with Crippen LogP contribution in [0.15, 0.2) is 18.2 Å². The zero-order chi connectivity index (χ0) is 15.1. The molecule has 1 aromatic carbocycles. The molecule has 21 heavy (non-hydrogen) atoms. The highest BCUT2D eigenvalue weighted by atomic mass is 16.5. The van der Waals surface area contributed by atoms with E-state index in [-0.39, 0.29) is 12.0 Å². The zero-order valence-corrected chi connectivity index (χ0v) is 13.1. The first-order valence-corrected chi connectivity index (χ1v) is 7.95. The van der Waals surface area contributed by atoms with Crippen LogP contribution in [0.25, 0.3) is 0 Å². The predicted molar refractivity (Wildman–Crippen MR) is 84.5 cm³/mol. The molecule has 0 bridgehead atoms. The van der Waals surface area contributed by atoms with Gasteiger partial charge in [-0.3, -0.25) is 4.79 Å². The minimum absolute atomic E-state index is 0.0144. The van der Waals surface area contributed by atoms with Gasteiger partial charge >= 0.3 is 0 Å². The second kappa shape index (κ2) is 8.03. The molecule has 1 aliphatic heterocycles. The number of nitrogens with one attached hydrogen (secondary N) is 2. The summed E-state index contributed by atoms with van der Waals surface area (Å²) in [6, 6.07) is 6.15. The largest absolute Gasteiger partial charge is 0.480 e. The molecule has 2 rings (SSSR count). The maximum absolute atomic E-state index is 12.0. The number of benzene rings is 1. The van der Waals surface area contributed by atoms with Crippen LogP contribution in [0.4, 0.5) is 0 Å². The molecular formula is C17H26N2O2. The Balaban J connectivity index is 2.08. The first kappa shape index (κ1) is 15.8. The highest BCUT2D eigenvalue weighted by Gasteiger charge is 2.23. The van der Waals surface area contributed by atoms with E-state index in [0.717, 1.165) is 56.6 Å². The van der Waals surface area contributed by atoms with Crippen molar-refractivity contribution in [3.05, 3.63) is 29.3 Å². The van der Waals surface area contributed by atoms with E-state index in [9.17, 15) is 4.79 Å². The van der Waals surface area contributed by atoms with E-state index in [1.807, 2.05) is 12.1 Å². The number of ether oxygens (including phenoxy) is 1. The van der Waals surface area contributed by atoms with Gasteiger partial charge in [-0.05, 0) is 45.2 Å². The van der Waals surface area contributed by atoms with Crippen LogP contribution in [0.1, 0.15) is 43.7 Å². The van der Waals surface area contributed by atoms with Gasteiger partial charge in [0, 0.05) is 18.7 Å². The molecule has 4 nitrogen and oxygen atoms in total. The van der Waals surface area contributed by atoms with Crippen LogP contribution in [0.2, 0.25) is 0 Å². The van der Waals surface area contributed by atoms with Crippen LogP contribution in [-0.2, 0) is 11.3 Å². The van der Waals surface area contributed by atoms with Gasteiger partial charge in [0.05, 0.1) is 0 Å². The minimum atomic E-state index is -0.361. The fraction of sp³-hybridized carbons (Fsp3) is 0.588. The first-order chi connectivity index (χ1) is 10.2. The van der Waals surface area contributed by atoms with E-state index in [4.69, 9.17) is 4.74 Å². The highest BCUT2D eigenvalue weighted by molar-refractivity contribution is 5.81. The van der Waals surface area contributed by atoms with Crippen LogP contribution in [-0.4, -0.2) is 25.1 Å². The zero-order valence-electron chi connectivity index (χ0n) is 13.1. The molecular weight excluding hydrogens is 264 g/mol. The van der Waals surface area contributed by atoms with E-state index in [1.54, 1.807) is 0 Å². The number of carbonyl (C=O) groups excluding carboxylic acids is 1. The van der Waals surface area contributed by atoms with Crippen molar-refractivity contribution >= 4 is 5.91 Å². The van der Waals surface area contributed by atoms with Gasteiger partial charge in [0.1, 0.15) is 5.75 Å². The van der Waals surface area contributed by atoms with Gasteiger partial charge in [0.25, 0.3) is 5.91 Å². The number of hydrogen-bond donors (Lipinski definition) is 2. The summed E-state index contributed by atoms with van der Waals surface area (Å²) in [4.78, 5) is 12.0. The fourth-order valence-corrected chi connectivity index (χ4v) is 2.54. The quantitative estimate of drug-likeness (QED) is 0.792. The monoisotopic (exact) mass is 290 g/mol. The Bertz CT molecular complexity index is 474. The Labute approximate surface area is 127 Å². The Morgan fingerprint density at radius 3 is 3.05 bits per heavy atom. The van der Waals surface area contributed by atoms with Crippen LogP contribution in [0, 0.1) is 6.92 Å². The highest BCUT2D eigenvalue weighted by Crippen LogP contribution is 2.23. The Morgan fingerprint density at radius 2 is 2.24 bits per heavy atom. The summed E-state index contributed by atoms with van der Waals surface area (Å²) in [5.74, 6) is 0.840. The lowest BCUT2D eigenvalue weighted by Gasteiger charge is -2.19. The molecule has 0 aromatic heterocycles. The molecule has 0 radical (unpaired) electrons. The standard InChI is InChI=1S/C17H26N2O2/c1-3-9-18-12-14-11-13(2)7-8-15(14)21-16-6-4-5-10-19-17(16)20/h7-8,11,16,18H,3-6,9-10,12H2,1-2H3,(H,19,20). The summed E-state index contributed by atoms with van der Waals surface area (Å²) in [6.45, 7) is 6.75. The molecule has 1 heterocycles. The van der Waals surface area contributed by atoms with E-state index in [2.05, 4.69) is 30.5 Å². The van der Waals surface area contributed by atoms with Crippen molar-refractivity contribution in [3.63, 3.8) is 0 Å². The van der Waals surface area contributed by atoms with Gasteiger partial charge in [-0.25, -0.2) is 0 Å². The first-order valence-electron chi connectivity index (χ1n) is 7.95. The fourth-order valence-electron chi connectivity index (χ4n) is 2.54. The second-order valence-electron chi connectivity index (χ2n) is 5.68. The molecule has 116 valence electrons. The van der Waals surface area contributed by atoms with Crippen molar-refractivity contribution in [3.8, 4) is 5.75 Å². The molecule has 1 aromatic rings. The third-order valence-corrected chi connectivity index (χ3v) is 3.71. The number of aryl methyl sites for hydroxylation is 1. The number of amides is 1. The van der Waals surface area contributed by atoms with Crippen molar-refractivity contribution < 1.29 is 9.53 Å². The average molecular weight is 290 g/mol. The van der Waals surface area contributed by atoms with E-state index in [1.165, 1.54) is 5.56 Å². The van der Waals surface area contributed by atoms with Crippen molar-refractivity contribution in [2.45, 2.75) is 52.2 Å². The van der Waals surface area contributed by atoms with Crippen molar-refractivity contribution in [1.29, 1.82) is 0 Å². The average Bonchev–Trinajstić information content (AvgIpc) is 2.67. The summed E-state index contributed by atoms with van der Waals surface area (Å²) in [7, 11) is 0. The Morgan fingerprint density at radius 1 is 1.38 bits per heavy atom. The molecule has 0 saturated carbocycles. The van der Waals surface area contributed by atoms with Gasteiger partial charge in [0.2, 0.25) is 0 Å². The Hall–Kier alpha value is -1.55. The van der Waals surface area contributed by atoms with Gasteiger partial charge in [-0.15, -0.1) is 0 Å². The van der Waals surface area contributed by atoms with Crippen LogP contribution < -0.4 is 15.4 Å². The molecule has 1 amide bonds. The molecule has 2 N–H and O–H groups in total.